The van der Waals surface area contributed by atoms with Crippen molar-refractivity contribution < 1.29 is 18.7 Å². The van der Waals surface area contributed by atoms with E-state index < -0.39 is 11.6 Å². The lowest BCUT2D eigenvalue weighted by molar-refractivity contribution is 0.0538. The molecule has 1 N–H and O–H groups in total. The summed E-state index contributed by atoms with van der Waals surface area (Å²) in [7, 11) is 0. The molecule has 190 valence electrons. The first kappa shape index (κ1) is 24.6. The summed E-state index contributed by atoms with van der Waals surface area (Å²) >= 11 is 0. The van der Waals surface area contributed by atoms with Crippen LogP contribution in [0.2, 0.25) is 0 Å². The molecule has 6 nitrogen and oxygen atoms in total. The molecule has 1 saturated heterocycles. The van der Waals surface area contributed by atoms with Crippen molar-refractivity contribution >= 4 is 5.91 Å². The summed E-state index contributed by atoms with van der Waals surface area (Å²) in [6, 6.07) is 14.2. The smallest absolute Gasteiger partial charge is 0.274 e. The fourth-order valence-electron chi connectivity index (χ4n) is 5.24. The second-order valence-corrected chi connectivity index (χ2v) is 9.77. The van der Waals surface area contributed by atoms with Gasteiger partial charge in [-0.1, -0.05) is 36.4 Å². The summed E-state index contributed by atoms with van der Waals surface area (Å²) in [4.78, 5) is 17.2. The average molecular weight is 495 g/mol. The Morgan fingerprint density at radius 2 is 1.72 bits per heavy atom. The van der Waals surface area contributed by atoms with E-state index in [1.165, 1.54) is 23.8 Å². The van der Waals surface area contributed by atoms with Gasteiger partial charge in [0.1, 0.15) is 11.6 Å². The number of halogens is 2. The molecule has 0 aliphatic carbocycles. The van der Waals surface area contributed by atoms with Crippen LogP contribution in [-0.2, 0) is 32.5 Å². The van der Waals surface area contributed by atoms with Gasteiger partial charge in [0, 0.05) is 62.5 Å². The molecule has 1 fully saturated rings. The Labute approximate surface area is 210 Å². The number of hydrogen-bond acceptors (Lipinski definition) is 4. The number of fused-ring (bicyclic) bond motifs is 1. The molecule has 3 aromatic rings. The third kappa shape index (κ3) is 5.34. The van der Waals surface area contributed by atoms with Gasteiger partial charge >= 0.3 is 0 Å². The van der Waals surface area contributed by atoms with Crippen molar-refractivity contribution in [3.05, 3.63) is 88.2 Å². The van der Waals surface area contributed by atoms with Crippen LogP contribution in [0.1, 0.15) is 52.1 Å². The molecule has 3 heterocycles. The number of nitrogens with zero attached hydrogens (tertiary/aromatic N) is 4. The summed E-state index contributed by atoms with van der Waals surface area (Å²) in [5, 5.41) is 14.6. The van der Waals surface area contributed by atoms with Crippen LogP contribution in [0.3, 0.4) is 0 Å². The number of amides is 1. The lowest BCUT2D eigenvalue weighted by atomic mass is 10.0. The fraction of sp³-hybridized carbons (Fsp3) is 0.429. The SMILES string of the molecule is O=C(c1nn(CCCc2ccccc2)c2c1CN(Cc1c(F)cccc1F)CC2)N1CCC(O)CC1. The van der Waals surface area contributed by atoms with Gasteiger partial charge in [0.05, 0.1) is 6.10 Å². The van der Waals surface area contributed by atoms with Gasteiger partial charge in [-0.05, 0) is 43.4 Å². The molecule has 1 amide bonds. The number of benzene rings is 2. The van der Waals surface area contributed by atoms with Crippen LogP contribution in [0.5, 0.6) is 0 Å². The molecule has 8 heteroatoms. The monoisotopic (exact) mass is 494 g/mol. The Morgan fingerprint density at radius 3 is 2.44 bits per heavy atom. The van der Waals surface area contributed by atoms with E-state index in [0.717, 1.165) is 24.1 Å². The predicted octanol–water partition coefficient (Wildman–Crippen LogP) is 3.95. The van der Waals surface area contributed by atoms with E-state index in [-0.39, 0.29) is 24.1 Å². The normalized spacial score (nSPS) is 16.8. The second kappa shape index (κ2) is 10.9. The Morgan fingerprint density at radius 1 is 1.00 bits per heavy atom. The molecule has 0 radical (unpaired) electrons. The highest BCUT2D eigenvalue weighted by atomic mass is 19.1. The summed E-state index contributed by atoms with van der Waals surface area (Å²) in [6.45, 7) is 2.89. The number of piperidine rings is 1. The summed E-state index contributed by atoms with van der Waals surface area (Å²) in [5.74, 6) is -1.24. The van der Waals surface area contributed by atoms with Crippen LogP contribution in [0.15, 0.2) is 48.5 Å². The van der Waals surface area contributed by atoms with Gasteiger partial charge in [0.25, 0.3) is 5.91 Å². The van der Waals surface area contributed by atoms with Crippen molar-refractivity contribution in [2.45, 2.75) is 57.8 Å². The van der Waals surface area contributed by atoms with Gasteiger partial charge in [0.15, 0.2) is 5.69 Å². The number of aromatic nitrogens is 2. The number of carbonyl (C=O) groups excluding carboxylic acids is 1. The molecule has 1 aromatic heterocycles. The van der Waals surface area contributed by atoms with Crippen molar-refractivity contribution in [1.29, 1.82) is 0 Å². The summed E-state index contributed by atoms with van der Waals surface area (Å²) in [5.41, 5.74) is 3.64. The molecule has 2 aliphatic heterocycles. The molecule has 36 heavy (non-hydrogen) atoms. The van der Waals surface area contributed by atoms with Crippen LogP contribution in [0.4, 0.5) is 8.78 Å². The zero-order chi connectivity index (χ0) is 25.1. The number of aliphatic hydroxyl groups is 1. The van der Waals surface area contributed by atoms with Crippen LogP contribution < -0.4 is 0 Å². The number of rotatable bonds is 7. The van der Waals surface area contributed by atoms with E-state index in [0.29, 0.717) is 57.7 Å². The zero-order valence-corrected chi connectivity index (χ0v) is 20.4. The van der Waals surface area contributed by atoms with Gasteiger partial charge < -0.3 is 10.0 Å². The van der Waals surface area contributed by atoms with E-state index >= 15 is 0 Å². The summed E-state index contributed by atoms with van der Waals surface area (Å²) in [6.07, 6.45) is 3.22. The number of likely N-dealkylation sites (tertiary alicyclic amines) is 1. The van der Waals surface area contributed by atoms with Crippen molar-refractivity contribution in [1.82, 2.24) is 19.6 Å². The third-order valence-electron chi connectivity index (χ3n) is 7.29. The molecule has 0 bridgehead atoms. The Hall–Kier alpha value is -3.10. The van der Waals surface area contributed by atoms with Crippen LogP contribution in [0.25, 0.3) is 0 Å². The highest BCUT2D eigenvalue weighted by Crippen LogP contribution is 2.27. The van der Waals surface area contributed by atoms with E-state index in [9.17, 15) is 18.7 Å². The van der Waals surface area contributed by atoms with Crippen molar-refractivity contribution in [3.63, 3.8) is 0 Å². The van der Waals surface area contributed by atoms with E-state index in [2.05, 4.69) is 12.1 Å². The molecule has 0 spiro atoms. The minimum absolute atomic E-state index is 0.0501. The molecule has 5 rings (SSSR count). The maximum atomic E-state index is 14.3. The first-order valence-electron chi connectivity index (χ1n) is 12.7. The van der Waals surface area contributed by atoms with Crippen molar-refractivity contribution in [2.75, 3.05) is 19.6 Å². The molecule has 2 aliphatic rings. The summed E-state index contributed by atoms with van der Waals surface area (Å²) < 4.78 is 30.6. The van der Waals surface area contributed by atoms with Gasteiger partial charge in [-0.15, -0.1) is 0 Å². The van der Waals surface area contributed by atoms with Gasteiger partial charge in [-0.3, -0.25) is 14.4 Å². The number of aliphatic hydroxyl groups excluding tert-OH is 1. The quantitative estimate of drug-likeness (QED) is 0.541. The topological polar surface area (TPSA) is 61.6 Å². The van der Waals surface area contributed by atoms with Gasteiger partial charge in [0.2, 0.25) is 0 Å². The Kier molecular flexibility index (Phi) is 7.43. The first-order valence-corrected chi connectivity index (χ1v) is 12.7. The number of aryl methyl sites for hydroxylation is 2. The maximum absolute atomic E-state index is 14.3. The van der Waals surface area contributed by atoms with E-state index in [1.807, 2.05) is 27.8 Å². The fourth-order valence-corrected chi connectivity index (χ4v) is 5.24. The van der Waals surface area contributed by atoms with E-state index in [4.69, 9.17) is 5.10 Å². The second-order valence-electron chi connectivity index (χ2n) is 9.77. The van der Waals surface area contributed by atoms with E-state index in [1.54, 1.807) is 4.90 Å². The number of hydrogen-bond donors (Lipinski definition) is 1. The maximum Gasteiger partial charge on any atom is 0.274 e. The average Bonchev–Trinajstić information content (AvgIpc) is 3.25. The first-order chi connectivity index (χ1) is 17.5. The predicted molar refractivity (Wildman–Crippen MR) is 132 cm³/mol. The van der Waals surface area contributed by atoms with Crippen molar-refractivity contribution in [2.24, 2.45) is 0 Å². The van der Waals surface area contributed by atoms with Gasteiger partial charge in [-0.2, -0.15) is 5.10 Å². The van der Waals surface area contributed by atoms with Crippen LogP contribution >= 0.6 is 0 Å². The lowest BCUT2D eigenvalue weighted by Gasteiger charge is -2.30. The molecule has 2 aromatic carbocycles. The zero-order valence-electron chi connectivity index (χ0n) is 20.4. The van der Waals surface area contributed by atoms with Crippen LogP contribution in [0, 0.1) is 11.6 Å². The van der Waals surface area contributed by atoms with Crippen LogP contribution in [-0.4, -0.2) is 56.3 Å². The molecular formula is C28H32F2N4O2. The number of carbonyl (C=O) groups is 1. The Bertz CT molecular complexity index is 1190. The Balaban J connectivity index is 1.37. The molecular weight excluding hydrogens is 462 g/mol. The highest BCUT2D eigenvalue weighted by molar-refractivity contribution is 5.94. The minimum atomic E-state index is -0.555. The van der Waals surface area contributed by atoms with Gasteiger partial charge in [-0.25, -0.2) is 8.78 Å². The third-order valence-corrected chi connectivity index (χ3v) is 7.29. The molecule has 0 saturated carbocycles. The highest BCUT2D eigenvalue weighted by Gasteiger charge is 2.32. The van der Waals surface area contributed by atoms with Crippen molar-refractivity contribution in [3.8, 4) is 0 Å². The standard InChI is InChI=1S/C28H32F2N4O2/c29-24-9-4-10-25(30)22(24)18-32-15-13-26-23(19-32)27(28(36)33-16-11-21(35)12-17-33)31-34(26)14-5-8-20-6-2-1-3-7-20/h1-4,6-7,9-10,21,35H,5,8,11-19H2. The molecule has 0 unspecified atom stereocenters. The lowest BCUT2D eigenvalue weighted by Crippen LogP contribution is -2.41. The largest absolute Gasteiger partial charge is 0.393 e. The minimum Gasteiger partial charge on any atom is -0.393 e. The molecule has 0 atom stereocenters.